The number of carboxylic acids is 1. The van der Waals surface area contributed by atoms with Crippen molar-refractivity contribution in [3.05, 3.63) is 71.6 Å². The third-order valence-corrected chi connectivity index (χ3v) is 16.0. The Morgan fingerprint density at radius 1 is 0.655 bits per heavy atom. The van der Waals surface area contributed by atoms with Crippen LogP contribution in [0.25, 0.3) is 33.4 Å². The Bertz CT molecular complexity index is 2990. The topological polar surface area (TPSA) is 382 Å². The minimum atomic E-state index is -1.24. The molecule has 7 amide bonds. The lowest BCUT2D eigenvalue weighted by Crippen LogP contribution is -2.59. The molecule has 1 saturated heterocycles. The first-order valence-electron chi connectivity index (χ1n) is 30.6. The van der Waals surface area contributed by atoms with Crippen molar-refractivity contribution in [3.8, 4) is 22.5 Å². The highest BCUT2D eigenvalue weighted by atomic mass is 32.1. The first-order valence-corrected chi connectivity index (χ1v) is 31.2. The van der Waals surface area contributed by atoms with Crippen molar-refractivity contribution >= 4 is 76.6 Å². The second-order valence-corrected chi connectivity index (χ2v) is 23.0. The summed E-state index contributed by atoms with van der Waals surface area (Å²) >= 11 is 4.25. The van der Waals surface area contributed by atoms with Crippen molar-refractivity contribution in [2.24, 2.45) is 28.7 Å². The number of carbonyl (C=O) groups excluding carboxylic acids is 7. The molecule has 0 radical (unpaired) electrons. The number of carbonyl (C=O) groups is 8. The van der Waals surface area contributed by atoms with E-state index in [1.54, 1.807) is 6.07 Å². The van der Waals surface area contributed by atoms with Crippen LogP contribution in [-0.2, 0) is 33.6 Å². The van der Waals surface area contributed by atoms with E-state index in [0.29, 0.717) is 120 Å². The fourth-order valence-corrected chi connectivity index (χ4v) is 10.9. The van der Waals surface area contributed by atoms with Crippen molar-refractivity contribution in [3.63, 3.8) is 0 Å². The maximum absolute atomic E-state index is 14.6. The van der Waals surface area contributed by atoms with Gasteiger partial charge in [0.25, 0.3) is 5.91 Å². The molecule has 2 aliphatic heterocycles. The van der Waals surface area contributed by atoms with Crippen molar-refractivity contribution in [1.29, 1.82) is 0 Å². The zero-order valence-corrected chi connectivity index (χ0v) is 52.0. The quantitative estimate of drug-likeness (QED) is 0.0132. The molecular weight excluding hydrogens is 1130 g/mol. The Kier molecular flexibility index (Phi) is 29.4. The number of unbranched alkanes of at least 4 members (excludes halogenated alkanes) is 5. The van der Waals surface area contributed by atoms with Crippen LogP contribution in [0.15, 0.2) is 65.1 Å². The summed E-state index contributed by atoms with van der Waals surface area (Å²) in [6.45, 7) is 1.83. The van der Waals surface area contributed by atoms with Gasteiger partial charge in [-0.05, 0) is 165 Å². The number of nitrogens with zero attached hydrogens (tertiary/aromatic N) is 3. The molecule has 2 aromatic rings. The van der Waals surface area contributed by atoms with Crippen LogP contribution in [0, 0.1) is 0 Å². The summed E-state index contributed by atoms with van der Waals surface area (Å²) in [7, 11) is 7.86. The summed E-state index contributed by atoms with van der Waals surface area (Å²) in [6.07, 6.45) is 6.57. The number of likely N-dealkylation sites (tertiary alicyclic amines) is 1. The zero-order valence-electron chi connectivity index (χ0n) is 51.1. The third-order valence-electron chi connectivity index (χ3n) is 15.7. The summed E-state index contributed by atoms with van der Waals surface area (Å²) in [4.78, 5) is 113. The Hall–Kier alpha value is -7.16. The molecule has 0 unspecified atom stereocenters. The van der Waals surface area contributed by atoms with E-state index < -0.39 is 83.7 Å². The van der Waals surface area contributed by atoms with Gasteiger partial charge in [-0.1, -0.05) is 18.2 Å². The minimum absolute atomic E-state index is 0.130. The standard InChI is InChI=1S/C62H94N14O10S/c1-74(2)39-26-28-43-52(36-39)86-53-37-40(75(3)4)27-29-44(53)54(43)41-18-5-6-19-42(41)55(77)68-34-16-11-20-45(67)56(78)69-46(21-7-12-30-63)57(79)71-48(23-9-14-32-65)61(83)76-35-17-25-51(76)60(82)70-47(22-8-13-31-64)58(80)73-50(38-87)59(81)72-49(62(84)85)24-10-15-33-66/h5-6,18-19,26-29,36-37,45-51H,7-17,20-25,30-35,38,63-67H2,1-4H3,(H7-,68,69,70,71,72,73,77,78,79,80,81,82,84,85,87)/p+1/t45-,46-,47-,48-,49-,50-,51-/m0/s1. The van der Waals surface area contributed by atoms with Gasteiger partial charge in [0.15, 0.2) is 0 Å². The van der Waals surface area contributed by atoms with E-state index >= 15 is 0 Å². The third kappa shape index (κ3) is 20.7. The number of hydrogen-bond acceptors (Lipinski definition) is 16. The van der Waals surface area contributed by atoms with E-state index in [1.165, 1.54) is 4.90 Å². The number of amides is 7. The van der Waals surface area contributed by atoms with Crippen LogP contribution in [0.1, 0.15) is 120 Å². The van der Waals surface area contributed by atoms with Gasteiger partial charge in [-0.25, -0.2) is 9.37 Å². The Morgan fingerprint density at radius 3 is 1.80 bits per heavy atom. The number of fused-ring (bicyclic) bond motifs is 2. The molecular formula is C62H95N14O10S+. The maximum Gasteiger partial charge on any atom is 0.326 e. The lowest BCUT2D eigenvalue weighted by atomic mass is 9.90. The van der Waals surface area contributed by atoms with Crippen molar-refractivity contribution in [2.75, 3.05) is 78.1 Å². The molecule has 1 aliphatic carbocycles. The normalized spacial score (nSPS) is 15.1. The molecule has 3 aliphatic rings. The predicted molar refractivity (Wildman–Crippen MR) is 341 cm³/mol. The molecule has 1 fully saturated rings. The van der Waals surface area contributed by atoms with Gasteiger partial charge >= 0.3 is 5.97 Å². The minimum Gasteiger partial charge on any atom is -0.480 e. The van der Waals surface area contributed by atoms with Crippen LogP contribution in [0.5, 0.6) is 0 Å². The smallest absolute Gasteiger partial charge is 0.326 e. The monoisotopic (exact) mass is 1230 g/mol. The maximum atomic E-state index is 14.6. The number of thiol groups is 1. The van der Waals surface area contributed by atoms with E-state index in [1.807, 2.05) is 92.3 Å². The van der Waals surface area contributed by atoms with Gasteiger partial charge in [-0.3, -0.25) is 33.6 Å². The number of benzene rings is 3. The number of nitrogens with one attached hydrogen (secondary N) is 6. The van der Waals surface area contributed by atoms with Gasteiger partial charge in [-0.15, -0.1) is 0 Å². The lowest BCUT2D eigenvalue weighted by Gasteiger charge is -2.31. The fraction of sp³-hybridized carbons (Fsp3) is 0.565. The molecule has 17 N–H and O–H groups in total. The predicted octanol–water partition coefficient (Wildman–Crippen LogP) is 1.48. The van der Waals surface area contributed by atoms with Crippen LogP contribution >= 0.6 is 12.6 Å². The highest BCUT2D eigenvalue weighted by Gasteiger charge is 2.40. The van der Waals surface area contributed by atoms with E-state index in [9.17, 15) is 43.5 Å². The number of hydrogen-bond donors (Lipinski definition) is 13. The van der Waals surface area contributed by atoms with Crippen molar-refractivity contribution < 1.29 is 47.9 Å². The summed E-state index contributed by atoms with van der Waals surface area (Å²) in [6, 6.07) is 11.7. The molecule has 2 aromatic carbocycles. The number of rotatable bonds is 37. The van der Waals surface area contributed by atoms with E-state index in [0.717, 1.165) is 33.1 Å². The first-order chi connectivity index (χ1) is 41.8. The van der Waals surface area contributed by atoms with Crippen molar-refractivity contribution in [1.82, 2.24) is 41.4 Å². The molecule has 0 bridgehead atoms. The molecule has 87 heavy (non-hydrogen) atoms. The molecule has 5 rings (SSSR count). The molecule has 0 spiro atoms. The molecule has 7 atom stereocenters. The summed E-state index contributed by atoms with van der Waals surface area (Å²) < 4.78 is 8.52. The van der Waals surface area contributed by atoms with Gasteiger partial charge < -0.3 is 79.9 Å². The number of aliphatic carboxylic acids is 1. The Balaban J connectivity index is 1.22. The van der Waals surface area contributed by atoms with E-state index in [2.05, 4.69) is 44.5 Å². The van der Waals surface area contributed by atoms with Crippen LogP contribution < -0.4 is 75.4 Å². The van der Waals surface area contributed by atoms with E-state index in [-0.39, 0.29) is 56.7 Å². The lowest BCUT2D eigenvalue weighted by molar-refractivity contribution is -0.143. The largest absolute Gasteiger partial charge is 0.480 e. The van der Waals surface area contributed by atoms with Gasteiger partial charge in [-0.2, -0.15) is 12.6 Å². The molecule has 24 nitrogen and oxygen atoms in total. The average molecular weight is 1230 g/mol. The number of nitrogens with two attached hydrogens (primary N) is 5. The summed E-state index contributed by atoms with van der Waals surface area (Å²) in [5.41, 5.74) is 34.0. The second kappa shape index (κ2) is 36.2. The molecule has 0 aromatic heterocycles. The molecule has 478 valence electrons. The highest BCUT2D eigenvalue weighted by molar-refractivity contribution is 7.80. The second-order valence-electron chi connectivity index (χ2n) is 22.7. The van der Waals surface area contributed by atoms with Gasteiger partial charge in [0.2, 0.25) is 40.8 Å². The van der Waals surface area contributed by atoms with Crippen LogP contribution in [-0.4, -0.2) is 173 Å². The first kappa shape index (κ1) is 70.6. The summed E-state index contributed by atoms with van der Waals surface area (Å²) in [5.74, 6) is -4.81. The number of carboxylic acid groups (broad SMARTS) is 1. The molecule has 25 heteroatoms. The van der Waals surface area contributed by atoms with Crippen LogP contribution in [0.4, 0.5) is 5.69 Å². The fourth-order valence-electron chi connectivity index (χ4n) is 10.6. The Morgan fingerprint density at radius 2 is 1.21 bits per heavy atom. The van der Waals surface area contributed by atoms with Gasteiger partial charge in [0, 0.05) is 72.8 Å². The zero-order chi connectivity index (χ0) is 63.6. The molecule has 2 heterocycles. The van der Waals surface area contributed by atoms with Crippen LogP contribution in [0.2, 0.25) is 0 Å². The average Bonchev–Trinajstić information content (AvgIpc) is 1.26. The van der Waals surface area contributed by atoms with Crippen LogP contribution in [0.3, 0.4) is 0 Å². The Labute approximate surface area is 516 Å². The molecule has 0 saturated carbocycles. The van der Waals surface area contributed by atoms with Crippen molar-refractivity contribution in [2.45, 2.75) is 151 Å². The van der Waals surface area contributed by atoms with Gasteiger partial charge in [0.1, 0.15) is 61.7 Å². The number of anilines is 1. The van der Waals surface area contributed by atoms with E-state index in [4.69, 9.17) is 33.1 Å². The highest BCUT2D eigenvalue weighted by Crippen LogP contribution is 2.42. The summed E-state index contributed by atoms with van der Waals surface area (Å²) in [5, 5.41) is 28.2. The SMILES string of the molecule is CN(C)c1ccc2c(-c3ccccc3C(=O)NCCCC[C@H](N)C(=O)N[C@@H](CCCCN)C(=O)N[C@@H](CCCCN)C(=O)N3CCC[C@H]3C(=O)N[C@@H](CCCCN)C(=O)N[C@@H](CS)C(=O)N[C@@H](CCCCN)C(=O)O)c3ccc(=[N+](C)C)cc-3oc2c1. The van der Waals surface area contributed by atoms with Gasteiger partial charge in [0.05, 0.1) is 12.1 Å².